The van der Waals surface area contributed by atoms with Crippen molar-refractivity contribution in [1.29, 1.82) is 0 Å². The molecule has 0 aromatic carbocycles. The van der Waals surface area contributed by atoms with Gasteiger partial charge in [-0.3, -0.25) is 9.78 Å². The van der Waals surface area contributed by atoms with Gasteiger partial charge in [0.25, 0.3) is 5.91 Å². The van der Waals surface area contributed by atoms with Crippen LogP contribution in [-0.2, 0) is 6.42 Å². The molecule has 6 heteroatoms. The molecule has 0 saturated carbocycles. The van der Waals surface area contributed by atoms with Crippen molar-refractivity contribution in [2.24, 2.45) is 0 Å². The second-order valence-corrected chi connectivity index (χ2v) is 5.28. The van der Waals surface area contributed by atoms with Crippen molar-refractivity contribution in [3.63, 3.8) is 0 Å². The van der Waals surface area contributed by atoms with Gasteiger partial charge in [0.2, 0.25) is 0 Å². The zero-order chi connectivity index (χ0) is 15.2. The Morgan fingerprint density at radius 1 is 1.33 bits per heavy atom. The number of nitrogens with zero attached hydrogens (tertiary/aromatic N) is 2. The van der Waals surface area contributed by atoms with E-state index in [2.05, 4.69) is 36.5 Å². The lowest BCUT2D eigenvalue weighted by Crippen LogP contribution is -2.14. The molecular weight excluding hydrogens is 332 g/mol. The second kappa shape index (κ2) is 7.17. The molecule has 2 N–H and O–H groups in total. The van der Waals surface area contributed by atoms with Gasteiger partial charge in [-0.05, 0) is 47.5 Å². The predicted octanol–water partition coefficient (Wildman–Crippen LogP) is 3.49. The van der Waals surface area contributed by atoms with Crippen LogP contribution in [-0.4, -0.2) is 22.4 Å². The van der Waals surface area contributed by atoms with Crippen LogP contribution >= 0.6 is 15.9 Å². The van der Waals surface area contributed by atoms with Crippen LogP contribution in [0.4, 0.5) is 11.5 Å². The third-order valence-electron chi connectivity index (χ3n) is 2.88. The minimum absolute atomic E-state index is 0.168. The van der Waals surface area contributed by atoms with Crippen molar-refractivity contribution in [3.8, 4) is 0 Å². The topological polar surface area (TPSA) is 66.9 Å². The molecule has 0 radical (unpaired) electrons. The fourth-order valence-corrected chi connectivity index (χ4v) is 2.19. The highest BCUT2D eigenvalue weighted by molar-refractivity contribution is 9.10. The quantitative estimate of drug-likeness (QED) is 0.867. The summed E-state index contributed by atoms with van der Waals surface area (Å²) >= 11 is 3.36. The maximum Gasteiger partial charge on any atom is 0.255 e. The van der Waals surface area contributed by atoms with Crippen molar-refractivity contribution < 1.29 is 4.79 Å². The van der Waals surface area contributed by atoms with Crippen LogP contribution in [0.2, 0.25) is 0 Å². The minimum atomic E-state index is -0.168. The largest absolute Gasteiger partial charge is 0.370 e. The van der Waals surface area contributed by atoms with Crippen molar-refractivity contribution in [1.82, 2.24) is 9.97 Å². The van der Waals surface area contributed by atoms with Gasteiger partial charge in [-0.2, -0.15) is 0 Å². The van der Waals surface area contributed by atoms with Crippen LogP contribution in [0.25, 0.3) is 0 Å². The highest BCUT2D eigenvalue weighted by Crippen LogP contribution is 2.21. The Kier molecular flexibility index (Phi) is 5.27. The normalized spacial score (nSPS) is 10.2. The molecule has 21 heavy (non-hydrogen) atoms. The zero-order valence-corrected chi connectivity index (χ0v) is 13.6. The number of aromatic nitrogens is 2. The van der Waals surface area contributed by atoms with Gasteiger partial charge in [0.05, 0.1) is 10.2 Å². The highest BCUT2D eigenvalue weighted by Gasteiger charge is 2.11. The maximum atomic E-state index is 12.4. The SMILES string of the molecule is CCNc1cc(C(=O)Nc2ccncc2Br)cc(CC)n1. The lowest BCUT2D eigenvalue weighted by Gasteiger charge is -2.10. The van der Waals surface area contributed by atoms with E-state index in [0.29, 0.717) is 11.3 Å². The van der Waals surface area contributed by atoms with Gasteiger partial charge < -0.3 is 10.6 Å². The van der Waals surface area contributed by atoms with Crippen molar-refractivity contribution in [2.75, 3.05) is 17.2 Å². The van der Waals surface area contributed by atoms with Crippen LogP contribution in [0, 0.1) is 0 Å². The molecule has 2 aromatic rings. The molecule has 0 aliphatic carbocycles. The Balaban J connectivity index is 2.26. The first-order valence-corrected chi connectivity index (χ1v) is 7.59. The summed E-state index contributed by atoms with van der Waals surface area (Å²) in [5, 5.41) is 6.01. The molecule has 0 saturated heterocycles. The zero-order valence-electron chi connectivity index (χ0n) is 12.0. The van der Waals surface area contributed by atoms with Crippen molar-refractivity contribution in [3.05, 3.63) is 46.3 Å². The summed E-state index contributed by atoms with van der Waals surface area (Å²) in [6.45, 7) is 4.77. The predicted molar refractivity (Wildman–Crippen MR) is 87.7 cm³/mol. The van der Waals surface area contributed by atoms with E-state index in [-0.39, 0.29) is 5.91 Å². The molecule has 0 fully saturated rings. The average molecular weight is 349 g/mol. The number of pyridine rings is 2. The number of hydrogen-bond acceptors (Lipinski definition) is 4. The number of carbonyl (C=O) groups is 1. The molecule has 110 valence electrons. The summed E-state index contributed by atoms with van der Waals surface area (Å²) in [6, 6.07) is 5.31. The lowest BCUT2D eigenvalue weighted by molar-refractivity contribution is 0.102. The molecule has 0 atom stereocenters. The van der Waals surface area contributed by atoms with Crippen LogP contribution in [0.15, 0.2) is 35.1 Å². The molecule has 1 amide bonds. The van der Waals surface area contributed by atoms with Crippen LogP contribution in [0.1, 0.15) is 29.9 Å². The van der Waals surface area contributed by atoms with Gasteiger partial charge in [0.1, 0.15) is 5.82 Å². The van der Waals surface area contributed by atoms with E-state index >= 15 is 0 Å². The summed E-state index contributed by atoms with van der Waals surface area (Å²) in [6.07, 6.45) is 4.05. The number of nitrogens with one attached hydrogen (secondary N) is 2. The van der Waals surface area contributed by atoms with Gasteiger partial charge >= 0.3 is 0 Å². The Hall–Kier alpha value is -1.95. The van der Waals surface area contributed by atoms with E-state index < -0.39 is 0 Å². The molecular formula is C15H17BrN4O. The first-order chi connectivity index (χ1) is 10.1. The summed E-state index contributed by atoms with van der Waals surface area (Å²) in [5.74, 6) is 0.550. The van der Waals surface area contributed by atoms with Crippen LogP contribution in [0.3, 0.4) is 0 Å². The fraction of sp³-hybridized carbons (Fsp3) is 0.267. The van der Waals surface area contributed by atoms with Gasteiger partial charge in [-0.25, -0.2) is 4.98 Å². The molecule has 2 rings (SSSR count). The van der Waals surface area contributed by atoms with E-state index in [0.717, 1.165) is 29.0 Å². The molecule has 2 heterocycles. The molecule has 0 aliphatic rings. The Bertz CT molecular complexity index is 645. The maximum absolute atomic E-state index is 12.4. The van der Waals surface area contributed by atoms with E-state index in [1.807, 2.05) is 19.9 Å². The Morgan fingerprint density at radius 2 is 2.14 bits per heavy atom. The fourth-order valence-electron chi connectivity index (χ4n) is 1.84. The third-order valence-corrected chi connectivity index (χ3v) is 3.51. The first-order valence-electron chi connectivity index (χ1n) is 6.79. The third kappa shape index (κ3) is 4.01. The molecule has 0 spiro atoms. The molecule has 0 aliphatic heterocycles. The first kappa shape index (κ1) is 15.4. The van der Waals surface area contributed by atoms with Gasteiger partial charge in [-0.15, -0.1) is 0 Å². The summed E-state index contributed by atoms with van der Waals surface area (Å²) in [7, 11) is 0. The number of halogens is 1. The minimum Gasteiger partial charge on any atom is -0.370 e. The summed E-state index contributed by atoms with van der Waals surface area (Å²) in [4.78, 5) is 20.8. The second-order valence-electron chi connectivity index (χ2n) is 4.43. The summed E-state index contributed by atoms with van der Waals surface area (Å²) in [5.41, 5.74) is 2.16. The van der Waals surface area contributed by atoms with E-state index in [1.54, 1.807) is 24.5 Å². The molecule has 2 aromatic heterocycles. The molecule has 0 unspecified atom stereocenters. The van der Waals surface area contributed by atoms with Crippen molar-refractivity contribution in [2.45, 2.75) is 20.3 Å². The van der Waals surface area contributed by atoms with Gasteiger partial charge in [-0.1, -0.05) is 6.92 Å². The monoisotopic (exact) mass is 348 g/mol. The standard InChI is InChI=1S/C15H17BrN4O/c1-3-11-7-10(8-14(19-11)18-4-2)15(21)20-13-5-6-17-9-12(13)16/h5-9H,3-4H2,1-2H3,(H,18,19)(H,17,20,21). The number of hydrogen-bond donors (Lipinski definition) is 2. The lowest BCUT2D eigenvalue weighted by atomic mass is 10.1. The van der Waals surface area contributed by atoms with Gasteiger partial charge in [0.15, 0.2) is 0 Å². The Morgan fingerprint density at radius 3 is 2.81 bits per heavy atom. The highest BCUT2D eigenvalue weighted by atomic mass is 79.9. The van der Waals surface area contributed by atoms with E-state index in [9.17, 15) is 4.79 Å². The van der Waals surface area contributed by atoms with Crippen molar-refractivity contribution >= 4 is 33.3 Å². The smallest absolute Gasteiger partial charge is 0.255 e. The number of rotatable bonds is 5. The number of carbonyl (C=O) groups excluding carboxylic acids is 1. The number of amides is 1. The number of anilines is 2. The molecule has 0 bridgehead atoms. The van der Waals surface area contributed by atoms with E-state index in [1.165, 1.54) is 0 Å². The number of aryl methyl sites for hydroxylation is 1. The van der Waals surface area contributed by atoms with E-state index in [4.69, 9.17) is 0 Å². The Labute approximate surface area is 132 Å². The molecule has 5 nitrogen and oxygen atoms in total. The summed E-state index contributed by atoms with van der Waals surface area (Å²) < 4.78 is 0.745. The van der Waals surface area contributed by atoms with Gasteiger partial charge in [0, 0.05) is 30.2 Å². The van der Waals surface area contributed by atoms with Crippen LogP contribution in [0.5, 0.6) is 0 Å². The van der Waals surface area contributed by atoms with Crippen LogP contribution < -0.4 is 10.6 Å². The average Bonchev–Trinajstić information content (AvgIpc) is 2.49.